The number of rotatable bonds is 5. The Morgan fingerprint density at radius 3 is 2.34 bits per heavy atom. The van der Waals surface area contributed by atoms with Gasteiger partial charge in [0, 0.05) is 0 Å². The van der Waals surface area contributed by atoms with Gasteiger partial charge in [0.05, 0.1) is 11.7 Å². The van der Waals surface area contributed by atoms with Gasteiger partial charge >= 0.3 is 0 Å². The van der Waals surface area contributed by atoms with Gasteiger partial charge in [-0.05, 0) is 141 Å². The average molecular weight is 443 g/mol. The Morgan fingerprint density at radius 1 is 0.969 bits per heavy atom. The summed E-state index contributed by atoms with van der Waals surface area (Å²) in [4.78, 5) is 0. The number of fused-ring (bicyclic) bond motifs is 2. The van der Waals surface area contributed by atoms with E-state index in [1.165, 1.54) is 57.8 Å². The molecule has 0 amide bonds. The van der Waals surface area contributed by atoms with Crippen molar-refractivity contribution in [3.8, 4) is 0 Å². The first-order valence-electron chi connectivity index (χ1n) is 13.9. The summed E-state index contributed by atoms with van der Waals surface area (Å²) in [5.74, 6) is 4.13. The normalized spacial score (nSPS) is 49.9. The van der Waals surface area contributed by atoms with Crippen molar-refractivity contribution in [1.29, 1.82) is 0 Å². The first-order valence-corrected chi connectivity index (χ1v) is 13.9. The van der Waals surface area contributed by atoms with E-state index < -0.39 is 5.60 Å². The summed E-state index contributed by atoms with van der Waals surface area (Å²) in [6, 6.07) is 0. The molecule has 5 saturated carbocycles. The van der Waals surface area contributed by atoms with Crippen molar-refractivity contribution in [3.05, 3.63) is 12.2 Å². The second kappa shape index (κ2) is 7.09. The third-order valence-corrected chi connectivity index (χ3v) is 12.8. The van der Waals surface area contributed by atoms with E-state index in [0.717, 1.165) is 42.1 Å². The van der Waals surface area contributed by atoms with Gasteiger partial charge in [0.1, 0.15) is 0 Å². The van der Waals surface area contributed by atoms with Crippen LogP contribution >= 0.6 is 0 Å². The average Bonchev–Trinajstić information content (AvgIpc) is 3.25. The molecule has 2 spiro atoms. The van der Waals surface area contributed by atoms with Gasteiger partial charge in [-0.3, -0.25) is 0 Å². The standard InChI is InChI=1S/C30H50O2/c1-19(8-9-20(2)27(5,6)32)21-10-11-22-23-12-13-24-26(3,4)25(31)14-15-30(24)18-29(23,30)17-16-28(21,22)7/h19,21-25,31-32H,2,8-18H2,1,3-7H3/t19-,21-,22+,23+,24+,25+,28-,29+,30-/m1/s1. The smallest absolute Gasteiger partial charge is 0.0798 e. The van der Waals surface area contributed by atoms with Crippen LogP contribution in [0.4, 0.5) is 0 Å². The summed E-state index contributed by atoms with van der Waals surface area (Å²) in [5.41, 5.74) is 2.03. The lowest BCUT2D eigenvalue weighted by Gasteiger charge is -2.59. The van der Waals surface area contributed by atoms with Gasteiger partial charge in [0.25, 0.3) is 0 Å². The molecule has 5 aliphatic carbocycles. The predicted molar refractivity (Wildman–Crippen MR) is 132 cm³/mol. The highest BCUT2D eigenvalue weighted by atomic mass is 16.3. The third-order valence-electron chi connectivity index (χ3n) is 12.8. The van der Waals surface area contributed by atoms with Crippen molar-refractivity contribution in [2.24, 2.45) is 51.2 Å². The molecular weight excluding hydrogens is 392 g/mol. The Morgan fingerprint density at radius 2 is 1.66 bits per heavy atom. The van der Waals surface area contributed by atoms with E-state index in [1.807, 2.05) is 13.8 Å². The molecule has 182 valence electrons. The molecule has 0 aromatic heterocycles. The van der Waals surface area contributed by atoms with Gasteiger partial charge in [-0.25, -0.2) is 0 Å². The molecule has 0 aromatic rings. The highest BCUT2D eigenvalue weighted by molar-refractivity contribution is 5.28. The maximum absolute atomic E-state index is 10.8. The summed E-state index contributed by atoms with van der Waals surface area (Å²) in [6.07, 6.45) is 14.3. The number of hydrogen-bond acceptors (Lipinski definition) is 2. The van der Waals surface area contributed by atoms with E-state index in [4.69, 9.17) is 0 Å². The fraction of sp³-hybridized carbons (Fsp3) is 0.933. The zero-order chi connectivity index (χ0) is 23.3. The lowest BCUT2D eigenvalue weighted by molar-refractivity contribution is -0.133. The van der Waals surface area contributed by atoms with Crippen LogP contribution < -0.4 is 0 Å². The van der Waals surface area contributed by atoms with Crippen LogP contribution in [0.2, 0.25) is 0 Å². The van der Waals surface area contributed by atoms with Crippen molar-refractivity contribution < 1.29 is 10.2 Å². The van der Waals surface area contributed by atoms with E-state index in [2.05, 4.69) is 34.3 Å². The fourth-order valence-corrected chi connectivity index (χ4v) is 10.8. The van der Waals surface area contributed by atoms with Gasteiger partial charge < -0.3 is 10.2 Å². The van der Waals surface area contributed by atoms with E-state index in [9.17, 15) is 10.2 Å². The lowest BCUT2D eigenvalue weighted by Crippen LogP contribution is -2.54. The van der Waals surface area contributed by atoms with E-state index in [1.54, 1.807) is 0 Å². The molecule has 5 rings (SSSR count). The van der Waals surface area contributed by atoms with Crippen LogP contribution in [0.1, 0.15) is 112 Å². The third kappa shape index (κ3) is 2.96. The molecule has 2 heteroatoms. The SMILES string of the molecule is C=C(CC[C@@H](C)[C@H]1CC[C@H]2[C@@H]3CC[C@H]4C(C)(C)[C@@H](O)CC[C@@]45C[C@@]35CC[C@]12C)C(C)(C)O. The monoisotopic (exact) mass is 442 g/mol. The van der Waals surface area contributed by atoms with E-state index in [-0.39, 0.29) is 11.5 Å². The summed E-state index contributed by atoms with van der Waals surface area (Å²) in [6.45, 7) is 17.8. The van der Waals surface area contributed by atoms with Gasteiger partial charge in [-0.2, -0.15) is 0 Å². The van der Waals surface area contributed by atoms with Crippen LogP contribution in [0.3, 0.4) is 0 Å². The molecule has 2 N–H and O–H groups in total. The Balaban J connectivity index is 1.33. The zero-order valence-electron chi connectivity index (χ0n) is 21.8. The first-order chi connectivity index (χ1) is 14.8. The molecule has 0 radical (unpaired) electrons. The predicted octanol–water partition coefficient (Wildman–Crippen LogP) is 7.14. The molecule has 0 bridgehead atoms. The molecule has 2 nitrogen and oxygen atoms in total. The maximum atomic E-state index is 10.8. The molecule has 5 aliphatic rings. The van der Waals surface area contributed by atoms with Crippen molar-refractivity contribution >= 4 is 0 Å². The largest absolute Gasteiger partial charge is 0.393 e. The van der Waals surface area contributed by atoms with Crippen LogP contribution in [0, 0.1) is 51.2 Å². The Kier molecular flexibility index (Phi) is 5.19. The minimum atomic E-state index is -0.751. The molecule has 32 heavy (non-hydrogen) atoms. The fourth-order valence-electron chi connectivity index (χ4n) is 10.8. The molecule has 9 atom stereocenters. The molecule has 0 aliphatic heterocycles. The molecule has 0 aromatic carbocycles. The van der Waals surface area contributed by atoms with Gasteiger partial charge in [0.2, 0.25) is 0 Å². The molecule has 0 saturated heterocycles. The van der Waals surface area contributed by atoms with Crippen molar-refractivity contribution in [3.63, 3.8) is 0 Å². The molecular formula is C30H50O2. The molecule has 0 heterocycles. The summed E-state index contributed by atoms with van der Waals surface area (Å²) < 4.78 is 0. The highest BCUT2D eigenvalue weighted by Crippen LogP contribution is 2.87. The van der Waals surface area contributed by atoms with Crippen LogP contribution in [-0.4, -0.2) is 21.9 Å². The van der Waals surface area contributed by atoms with Gasteiger partial charge in [-0.1, -0.05) is 34.3 Å². The first kappa shape index (κ1) is 23.4. The summed E-state index contributed by atoms with van der Waals surface area (Å²) in [7, 11) is 0. The highest BCUT2D eigenvalue weighted by Gasteiger charge is 2.80. The van der Waals surface area contributed by atoms with Crippen LogP contribution in [-0.2, 0) is 0 Å². The summed E-state index contributed by atoms with van der Waals surface area (Å²) >= 11 is 0. The van der Waals surface area contributed by atoms with Gasteiger partial charge in [0.15, 0.2) is 0 Å². The maximum Gasteiger partial charge on any atom is 0.0798 e. The molecule has 0 unspecified atom stereocenters. The number of aliphatic hydroxyl groups is 2. The summed E-state index contributed by atoms with van der Waals surface area (Å²) in [5, 5.41) is 21.1. The zero-order valence-corrected chi connectivity index (χ0v) is 21.8. The number of hydrogen-bond donors (Lipinski definition) is 2. The van der Waals surface area contributed by atoms with Crippen molar-refractivity contribution in [1.82, 2.24) is 0 Å². The van der Waals surface area contributed by atoms with E-state index in [0.29, 0.717) is 22.2 Å². The minimum absolute atomic E-state index is 0.100. The molecule has 5 fully saturated rings. The second-order valence-corrected chi connectivity index (χ2v) is 14.6. The quantitative estimate of drug-likeness (QED) is 0.444. The Hall–Kier alpha value is -0.340. The van der Waals surface area contributed by atoms with Crippen LogP contribution in [0.25, 0.3) is 0 Å². The second-order valence-electron chi connectivity index (χ2n) is 14.6. The topological polar surface area (TPSA) is 40.5 Å². The van der Waals surface area contributed by atoms with Crippen molar-refractivity contribution in [2.75, 3.05) is 0 Å². The Labute approximate surface area is 197 Å². The van der Waals surface area contributed by atoms with Crippen LogP contribution in [0.5, 0.6) is 0 Å². The van der Waals surface area contributed by atoms with Crippen LogP contribution in [0.15, 0.2) is 12.2 Å². The van der Waals surface area contributed by atoms with E-state index >= 15 is 0 Å². The lowest BCUT2D eigenvalue weighted by atomic mass is 9.46. The number of aliphatic hydroxyl groups excluding tert-OH is 1. The van der Waals surface area contributed by atoms with Gasteiger partial charge in [-0.15, -0.1) is 0 Å². The minimum Gasteiger partial charge on any atom is -0.393 e. The van der Waals surface area contributed by atoms with Crippen molar-refractivity contribution in [2.45, 2.75) is 124 Å². The Bertz CT molecular complexity index is 776.